The highest BCUT2D eigenvalue weighted by molar-refractivity contribution is 5.74. The van der Waals surface area contributed by atoms with Gasteiger partial charge >= 0.3 is 5.97 Å². The number of hydrogen-bond acceptors (Lipinski definition) is 3. The van der Waals surface area contributed by atoms with Crippen molar-refractivity contribution < 1.29 is 14.7 Å². The number of hydrogen-bond donors (Lipinski definition) is 3. The quantitative estimate of drug-likeness (QED) is 0.545. The van der Waals surface area contributed by atoms with E-state index in [2.05, 4.69) is 5.32 Å². The molecule has 0 saturated carbocycles. The van der Waals surface area contributed by atoms with Gasteiger partial charge < -0.3 is 16.2 Å². The van der Waals surface area contributed by atoms with Crippen LogP contribution in [0.3, 0.4) is 0 Å². The van der Waals surface area contributed by atoms with E-state index >= 15 is 0 Å². The number of aliphatic carboxylic acids is 1. The Labute approximate surface area is 83.7 Å². The number of primary amides is 1. The predicted octanol–water partition coefficient (Wildman–Crippen LogP) is 0.0932. The van der Waals surface area contributed by atoms with Gasteiger partial charge in [0.1, 0.15) is 0 Å². The van der Waals surface area contributed by atoms with Gasteiger partial charge in [0.2, 0.25) is 5.91 Å². The minimum absolute atomic E-state index is 0.00343. The van der Waals surface area contributed by atoms with Crippen molar-refractivity contribution in [3.05, 3.63) is 0 Å². The fourth-order valence-electron chi connectivity index (χ4n) is 1.27. The summed E-state index contributed by atoms with van der Waals surface area (Å²) in [6.45, 7) is 3.74. The molecule has 1 amide bonds. The lowest BCUT2D eigenvalue weighted by atomic mass is 10.1. The van der Waals surface area contributed by atoms with E-state index in [0.717, 1.165) is 0 Å². The molecule has 0 radical (unpaired) electrons. The van der Waals surface area contributed by atoms with E-state index in [0.29, 0.717) is 6.42 Å². The number of carbonyl (C=O) groups excluding carboxylic acids is 1. The van der Waals surface area contributed by atoms with Crippen LogP contribution in [0.25, 0.3) is 0 Å². The number of carbonyl (C=O) groups is 2. The summed E-state index contributed by atoms with van der Waals surface area (Å²) in [7, 11) is 0. The minimum atomic E-state index is -0.804. The summed E-state index contributed by atoms with van der Waals surface area (Å²) in [4.78, 5) is 20.8. The first-order valence-corrected chi connectivity index (χ1v) is 4.68. The average molecular weight is 202 g/mol. The van der Waals surface area contributed by atoms with Crippen molar-refractivity contribution in [2.24, 2.45) is 5.73 Å². The first-order valence-electron chi connectivity index (χ1n) is 4.68. The summed E-state index contributed by atoms with van der Waals surface area (Å²) in [5.41, 5.74) is 5.02. The molecule has 0 aliphatic rings. The molecule has 0 aromatic rings. The van der Waals surface area contributed by atoms with Gasteiger partial charge in [-0.25, -0.2) is 0 Å². The highest BCUT2D eigenvalue weighted by atomic mass is 16.4. The van der Waals surface area contributed by atoms with Crippen molar-refractivity contribution in [3.8, 4) is 0 Å². The smallest absolute Gasteiger partial charge is 0.303 e. The number of rotatable bonds is 7. The number of nitrogens with two attached hydrogens (primary N) is 1. The Balaban J connectivity index is 3.65. The third kappa shape index (κ3) is 7.54. The van der Waals surface area contributed by atoms with Crippen LogP contribution in [-0.4, -0.2) is 29.1 Å². The maximum atomic E-state index is 10.5. The maximum absolute atomic E-state index is 10.5. The molecule has 0 heterocycles. The Morgan fingerprint density at radius 1 is 1.36 bits per heavy atom. The third-order valence-corrected chi connectivity index (χ3v) is 1.87. The Kier molecular flexibility index (Phi) is 5.87. The van der Waals surface area contributed by atoms with Crippen molar-refractivity contribution in [1.82, 2.24) is 5.32 Å². The van der Waals surface area contributed by atoms with Gasteiger partial charge in [-0.15, -0.1) is 0 Å². The fraction of sp³-hybridized carbons (Fsp3) is 0.778. The van der Waals surface area contributed by atoms with Crippen molar-refractivity contribution in [2.75, 3.05) is 0 Å². The zero-order chi connectivity index (χ0) is 11.1. The molecule has 4 N–H and O–H groups in total. The second-order valence-corrected chi connectivity index (χ2v) is 3.57. The van der Waals surface area contributed by atoms with E-state index in [1.165, 1.54) is 0 Å². The van der Waals surface area contributed by atoms with Gasteiger partial charge in [-0.1, -0.05) is 0 Å². The molecule has 0 aliphatic carbocycles. The Hall–Kier alpha value is -1.10. The zero-order valence-corrected chi connectivity index (χ0v) is 8.62. The average Bonchev–Trinajstić information content (AvgIpc) is 1.98. The Morgan fingerprint density at radius 3 is 2.36 bits per heavy atom. The van der Waals surface area contributed by atoms with Crippen LogP contribution in [0.5, 0.6) is 0 Å². The van der Waals surface area contributed by atoms with Crippen LogP contribution in [0, 0.1) is 0 Å². The Morgan fingerprint density at radius 2 is 1.93 bits per heavy atom. The second kappa shape index (κ2) is 6.37. The van der Waals surface area contributed by atoms with E-state index in [9.17, 15) is 9.59 Å². The molecule has 0 aliphatic heterocycles. The second-order valence-electron chi connectivity index (χ2n) is 3.57. The molecule has 82 valence electrons. The summed E-state index contributed by atoms with van der Waals surface area (Å²) in [6, 6.07) is 0.0803. The molecule has 0 saturated heterocycles. The molecule has 0 aromatic carbocycles. The third-order valence-electron chi connectivity index (χ3n) is 1.87. The molecule has 5 nitrogen and oxygen atoms in total. The van der Waals surface area contributed by atoms with E-state index < -0.39 is 5.97 Å². The maximum Gasteiger partial charge on any atom is 0.303 e. The molecule has 2 atom stereocenters. The predicted molar refractivity (Wildman–Crippen MR) is 52.7 cm³/mol. The van der Waals surface area contributed by atoms with Crippen molar-refractivity contribution in [2.45, 2.75) is 45.2 Å². The van der Waals surface area contributed by atoms with Crippen molar-refractivity contribution in [1.29, 1.82) is 0 Å². The summed E-state index contributed by atoms with van der Waals surface area (Å²) in [5, 5.41) is 11.5. The van der Waals surface area contributed by atoms with Gasteiger partial charge in [-0.2, -0.15) is 0 Å². The topological polar surface area (TPSA) is 92.4 Å². The highest BCUT2D eigenvalue weighted by Gasteiger charge is 2.10. The van der Waals surface area contributed by atoms with Gasteiger partial charge in [0.25, 0.3) is 0 Å². The molecular formula is C9H18N2O3. The van der Waals surface area contributed by atoms with Crippen molar-refractivity contribution >= 4 is 11.9 Å². The molecule has 0 fully saturated rings. The normalized spacial score (nSPS) is 14.7. The lowest BCUT2D eigenvalue weighted by Crippen LogP contribution is -2.37. The molecular weight excluding hydrogens is 184 g/mol. The standard InChI is InChI=1S/C9H18N2O3/c1-6(3-4-9(13)14)11-7(2)5-8(10)12/h6-7,11H,3-5H2,1-2H3,(H2,10,12)(H,13,14). The number of amides is 1. The summed E-state index contributed by atoms with van der Waals surface area (Å²) in [6.07, 6.45) is 0.966. The monoisotopic (exact) mass is 202 g/mol. The zero-order valence-electron chi connectivity index (χ0n) is 8.62. The van der Waals surface area contributed by atoms with Crippen molar-refractivity contribution in [3.63, 3.8) is 0 Å². The van der Waals surface area contributed by atoms with E-state index in [-0.39, 0.29) is 30.8 Å². The SMILES string of the molecule is CC(CCC(=O)O)NC(C)CC(N)=O. The van der Waals surface area contributed by atoms with E-state index in [1.807, 2.05) is 13.8 Å². The number of nitrogens with one attached hydrogen (secondary N) is 1. The van der Waals surface area contributed by atoms with Gasteiger partial charge in [-0.3, -0.25) is 9.59 Å². The molecule has 0 aromatic heterocycles. The Bertz CT molecular complexity index is 206. The number of carboxylic acids is 1. The molecule has 5 heteroatoms. The van der Waals surface area contributed by atoms with Gasteiger partial charge in [0, 0.05) is 24.9 Å². The van der Waals surface area contributed by atoms with E-state index in [1.54, 1.807) is 0 Å². The fourth-order valence-corrected chi connectivity index (χ4v) is 1.27. The summed E-state index contributed by atoms with van der Waals surface area (Å²) >= 11 is 0. The first kappa shape index (κ1) is 12.9. The van der Waals surface area contributed by atoms with E-state index in [4.69, 9.17) is 10.8 Å². The first-order chi connectivity index (χ1) is 6.41. The lowest BCUT2D eigenvalue weighted by Gasteiger charge is -2.18. The van der Waals surface area contributed by atoms with Crippen LogP contribution in [0.15, 0.2) is 0 Å². The van der Waals surface area contributed by atoms with Gasteiger partial charge in [-0.05, 0) is 20.3 Å². The van der Waals surface area contributed by atoms with Gasteiger partial charge in [0.05, 0.1) is 0 Å². The van der Waals surface area contributed by atoms with Crippen LogP contribution in [0.4, 0.5) is 0 Å². The van der Waals surface area contributed by atoms with Gasteiger partial charge in [0.15, 0.2) is 0 Å². The van der Waals surface area contributed by atoms with Crippen LogP contribution in [0.2, 0.25) is 0 Å². The lowest BCUT2D eigenvalue weighted by molar-refractivity contribution is -0.137. The highest BCUT2D eigenvalue weighted by Crippen LogP contribution is 1.99. The summed E-state index contributed by atoms with van der Waals surface area (Å²) < 4.78 is 0. The molecule has 0 bridgehead atoms. The molecule has 14 heavy (non-hydrogen) atoms. The van der Waals surface area contributed by atoms with Crippen LogP contribution < -0.4 is 11.1 Å². The molecule has 0 spiro atoms. The van der Waals surface area contributed by atoms with Crippen LogP contribution in [-0.2, 0) is 9.59 Å². The number of carboxylic acid groups (broad SMARTS) is 1. The van der Waals surface area contributed by atoms with Crippen LogP contribution in [0.1, 0.15) is 33.1 Å². The molecule has 0 rings (SSSR count). The molecule has 2 unspecified atom stereocenters. The largest absolute Gasteiger partial charge is 0.481 e. The minimum Gasteiger partial charge on any atom is -0.481 e. The summed E-state index contributed by atoms with van der Waals surface area (Å²) in [5.74, 6) is -1.16. The van der Waals surface area contributed by atoms with Crippen LogP contribution >= 0.6 is 0 Å².